The van der Waals surface area contributed by atoms with Crippen molar-refractivity contribution in [2.45, 2.75) is 64.7 Å². The average molecular weight is 389 g/mol. The minimum absolute atomic E-state index is 0.0406. The minimum atomic E-state index is -0.411. The molecule has 0 aliphatic heterocycles. The van der Waals surface area contributed by atoms with Gasteiger partial charge in [0.2, 0.25) is 0 Å². The first-order valence-electron chi connectivity index (χ1n) is 10.2. The highest BCUT2D eigenvalue weighted by molar-refractivity contribution is 5.93. The molecular formula is C22H31NO5. The van der Waals surface area contributed by atoms with Crippen molar-refractivity contribution in [3.63, 3.8) is 0 Å². The van der Waals surface area contributed by atoms with Gasteiger partial charge in [0.1, 0.15) is 5.58 Å². The number of nitrogens with one attached hydrogen (secondary N) is 1. The monoisotopic (exact) mass is 389 g/mol. The number of amides is 1. The average Bonchev–Trinajstić information content (AvgIpc) is 2.69. The molecule has 0 aliphatic carbocycles. The van der Waals surface area contributed by atoms with Crippen molar-refractivity contribution in [1.29, 1.82) is 0 Å². The number of benzene rings is 1. The molecule has 1 aromatic heterocycles. The highest BCUT2D eigenvalue weighted by Crippen LogP contribution is 2.30. The normalized spacial score (nSPS) is 10.9. The van der Waals surface area contributed by atoms with Gasteiger partial charge in [-0.05, 0) is 12.5 Å². The quantitative estimate of drug-likeness (QED) is 0.511. The Morgan fingerprint density at radius 2 is 1.68 bits per heavy atom. The summed E-state index contributed by atoms with van der Waals surface area (Å²) in [6.45, 7) is 2.77. The van der Waals surface area contributed by atoms with Crippen molar-refractivity contribution < 1.29 is 19.1 Å². The largest absolute Gasteiger partial charge is 0.504 e. The Kier molecular flexibility index (Phi) is 8.85. The second-order valence-corrected chi connectivity index (χ2v) is 7.08. The van der Waals surface area contributed by atoms with Gasteiger partial charge in [-0.2, -0.15) is 0 Å². The third kappa shape index (κ3) is 6.29. The summed E-state index contributed by atoms with van der Waals surface area (Å²) < 4.78 is 10.6. The van der Waals surface area contributed by atoms with E-state index in [0.29, 0.717) is 6.54 Å². The first-order chi connectivity index (χ1) is 13.6. The van der Waals surface area contributed by atoms with Gasteiger partial charge in [0.15, 0.2) is 22.7 Å². The molecule has 1 amide bonds. The molecule has 6 heteroatoms. The second kappa shape index (κ2) is 11.4. The van der Waals surface area contributed by atoms with E-state index in [0.717, 1.165) is 18.9 Å². The van der Waals surface area contributed by atoms with Crippen LogP contribution in [0.2, 0.25) is 0 Å². The fourth-order valence-corrected chi connectivity index (χ4v) is 3.17. The van der Waals surface area contributed by atoms with Crippen LogP contribution in [0.25, 0.3) is 11.0 Å². The lowest BCUT2D eigenvalue weighted by Crippen LogP contribution is -2.25. The number of methoxy groups -OCH3 is 1. The zero-order valence-corrected chi connectivity index (χ0v) is 16.9. The number of unbranched alkanes of at least 4 members (excludes halogenated alkanes) is 8. The van der Waals surface area contributed by atoms with Crippen LogP contribution in [0.4, 0.5) is 0 Å². The lowest BCUT2D eigenvalue weighted by Gasteiger charge is -2.07. The maximum absolute atomic E-state index is 12.3. The second-order valence-electron chi connectivity index (χ2n) is 7.08. The Labute approximate surface area is 165 Å². The first kappa shape index (κ1) is 21.8. The smallest absolute Gasteiger partial charge is 0.287 e. The van der Waals surface area contributed by atoms with Gasteiger partial charge in [0.05, 0.1) is 12.5 Å². The van der Waals surface area contributed by atoms with Crippen molar-refractivity contribution in [1.82, 2.24) is 5.32 Å². The molecule has 1 heterocycles. The SMILES string of the molecule is CCCCCCCCCCCNC(=O)c1cc(=O)c2cc(O)c(OC)cc2o1. The van der Waals surface area contributed by atoms with Crippen LogP contribution in [0, 0.1) is 0 Å². The Morgan fingerprint density at radius 1 is 1.04 bits per heavy atom. The molecule has 2 N–H and O–H groups in total. The van der Waals surface area contributed by atoms with Crippen molar-refractivity contribution in [3.05, 3.63) is 34.2 Å². The van der Waals surface area contributed by atoms with Gasteiger partial charge >= 0.3 is 0 Å². The molecule has 2 rings (SSSR count). The molecular weight excluding hydrogens is 358 g/mol. The van der Waals surface area contributed by atoms with Crippen molar-refractivity contribution in [2.75, 3.05) is 13.7 Å². The van der Waals surface area contributed by atoms with E-state index in [2.05, 4.69) is 12.2 Å². The van der Waals surface area contributed by atoms with Crippen molar-refractivity contribution in [3.8, 4) is 11.5 Å². The minimum Gasteiger partial charge on any atom is -0.504 e. The molecule has 0 saturated heterocycles. The van der Waals surface area contributed by atoms with Crippen LogP contribution in [0.5, 0.6) is 11.5 Å². The Hall–Kier alpha value is -2.50. The van der Waals surface area contributed by atoms with Gasteiger partial charge in [-0.25, -0.2) is 0 Å². The van der Waals surface area contributed by atoms with Crippen LogP contribution in [0.1, 0.15) is 75.3 Å². The Morgan fingerprint density at radius 3 is 2.32 bits per heavy atom. The molecule has 0 spiro atoms. The van der Waals surface area contributed by atoms with Crippen LogP contribution in [-0.4, -0.2) is 24.7 Å². The molecule has 0 radical (unpaired) electrons. The summed E-state index contributed by atoms with van der Waals surface area (Å²) in [5.41, 5.74) is -0.178. The van der Waals surface area contributed by atoms with Crippen LogP contribution in [0.15, 0.2) is 27.4 Å². The van der Waals surface area contributed by atoms with Gasteiger partial charge in [-0.15, -0.1) is 0 Å². The molecule has 1 aromatic carbocycles. The topological polar surface area (TPSA) is 88.8 Å². The summed E-state index contributed by atoms with van der Waals surface area (Å²) in [4.78, 5) is 24.5. The summed E-state index contributed by atoms with van der Waals surface area (Å²) in [7, 11) is 1.40. The lowest BCUT2D eigenvalue weighted by molar-refractivity contribution is 0.0925. The van der Waals surface area contributed by atoms with Gasteiger partial charge in [0.25, 0.3) is 5.91 Å². The number of phenolic OH excluding ortho intramolecular Hbond substituents is 1. The number of carbonyl (C=O) groups excluding carboxylic acids is 1. The molecule has 2 aromatic rings. The van der Waals surface area contributed by atoms with Crippen LogP contribution < -0.4 is 15.5 Å². The fourth-order valence-electron chi connectivity index (χ4n) is 3.17. The van der Waals surface area contributed by atoms with Crippen LogP contribution in [0.3, 0.4) is 0 Å². The summed E-state index contributed by atoms with van der Waals surface area (Å²) >= 11 is 0. The molecule has 0 aliphatic rings. The third-order valence-corrected chi connectivity index (χ3v) is 4.82. The summed E-state index contributed by atoms with van der Waals surface area (Å²) in [5.74, 6) is -0.417. The Bertz CT molecular complexity index is 828. The van der Waals surface area contributed by atoms with Crippen molar-refractivity contribution in [2.24, 2.45) is 0 Å². The number of phenols is 1. The zero-order valence-electron chi connectivity index (χ0n) is 16.9. The number of carbonyl (C=O) groups is 1. The molecule has 0 bridgehead atoms. The van der Waals surface area contributed by atoms with Gasteiger partial charge in [-0.1, -0.05) is 58.3 Å². The highest BCUT2D eigenvalue weighted by Gasteiger charge is 2.14. The van der Waals surface area contributed by atoms with E-state index < -0.39 is 5.91 Å². The molecule has 0 fully saturated rings. The van der Waals surface area contributed by atoms with E-state index in [1.165, 1.54) is 64.2 Å². The van der Waals surface area contributed by atoms with E-state index >= 15 is 0 Å². The van der Waals surface area contributed by atoms with E-state index in [1.807, 2.05) is 0 Å². The maximum atomic E-state index is 12.3. The lowest BCUT2D eigenvalue weighted by atomic mass is 10.1. The van der Waals surface area contributed by atoms with E-state index in [1.54, 1.807) is 0 Å². The van der Waals surface area contributed by atoms with Crippen LogP contribution in [-0.2, 0) is 0 Å². The number of hydrogen-bond acceptors (Lipinski definition) is 5. The van der Waals surface area contributed by atoms with E-state index in [-0.39, 0.29) is 33.7 Å². The predicted octanol–water partition coefficient (Wildman–Crippen LogP) is 4.77. The summed E-state index contributed by atoms with van der Waals surface area (Å²) in [6.07, 6.45) is 10.9. The van der Waals surface area contributed by atoms with E-state index in [9.17, 15) is 14.7 Å². The maximum Gasteiger partial charge on any atom is 0.287 e. The fraction of sp³-hybridized carbons (Fsp3) is 0.545. The number of ether oxygens (including phenoxy) is 1. The predicted molar refractivity (Wildman–Crippen MR) is 110 cm³/mol. The number of aromatic hydroxyl groups is 1. The number of rotatable bonds is 12. The van der Waals surface area contributed by atoms with Crippen LogP contribution >= 0.6 is 0 Å². The van der Waals surface area contributed by atoms with Gasteiger partial charge < -0.3 is 19.6 Å². The zero-order chi connectivity index (χ0) is 20.4. The highest BCUT2D eigenvalue weighted by atomic mass is 16.5. The molecule has 0 atom stereocenters. The summed E-state index contributed by atoms with van der Waals surface area (Å²) in [5, 5.41) is 12.8. The standard InChI is InChI=1S/C22H31NO5/c1-3-4-5-6-7-8-9-10-11-12-23-22(26)21-14-17(24)16-13-18(25)20(27-2)15-19(16)28-21/h13-15,25H,3-12H2,1-2H3,(H,23,26). The van der Waals surface area contributed by atoms with E-state index in [4.69, 9.17) is 9.15 Å². The molecule has 0 saturated carbocycles. The molecule has 6 nitrogen and oxygen atoms in total. The molecule has 0 unspecified atom stereocenters. The van der Waals surface area contributed by atoms with Crippen molar-refractivity contribution >= 4 is 16.9 Å². The van der Waals surface area contributed by atoms with Gasteiger partial charge in [0, 0.05) is 18.7 Å². The molecule has 154 valence electrons. The third-order valence-electron chi connectivity index (χ3n) is 4.82. The number of fused-ring (bicyclic) bond motifs is 1. The Balaban J connectivity index is 1.80. The number of hydrogen-bond donors (Lipinski definition) is 2. The first-order valence-corrected chi connectivity index (χ1v) is 10.2. The summed E-state index contributed by atoms with van der Waals surface area (Å²) in [6, 6.07) is 3.84. The molecule has 28 heavy (non-hydrogen) atoms. The van der Waals surface area contributed by atoms with Gasteiger partial charge in [-0.3, -0.25) is 9.59 Å².